The van der Waals surface area contributed by atoms with Crippen LogP contribution in [0.3, 0.4) is 0 Å². The maximum absolute atomic E-state index is 14.6. The number of carbonyl (C=O) groups is 1. The van der Waals surface area contributed by atoms with Crippen LogP contribution in [0.25, 0.3) is 5.57 Å². The van der Waals surface area contributed by atoms with Crippen molar-refractivity contribution in [2.75, 3.05) is 33.8 Å². The highest BCUT2D eigenvalue weighted by Crippen LogP contribution is 2.48. The van der Waals surface area contributed by atoms with Gasteiger partial charge in [-0.05, 0) is 63.0 Å². The fourth-order valence-electron chi connectivity index (χ4n) is 4.45. The Labute approximate surface area is 175 Å². The molecule has 0 saturated carbocycles. The molecule has 0 fully saturated rings. The van der Waals surface area contributed by atoms with Gasteiger partial charge in [0, 0.05) is 30.5 Å². The van der Waals surface area contributed by atoms with Crippen molar-refractivity contribution in [1.29, 1.82) is 0 Å². The van der Waals surface area contributed by atoms with Gasteiger partial charge >= 0.3 is 0 Å². The molecule has 0 aliphatic carbocycles. The van der Waals surface area contributed by atoms with E-state index >= 15 is 0 Å². The molecule has 0 saturated heterocycles. The van der Waals surface area contributed by atoms with Crippen molar-refractivity contribution in [3.8, 4) is 5.75 Å². The Morgan fingerprint density at radius 2 is 2.00 bits per heavy atom. The molecule has 0 N–H and O–H groups in total. The van der Waals surface area contributed by atoms with E-state index in [1.54, 1.807) is 0 Å². The van der Waals surface area contributed by atoms with E-state index in [4.69, 9.17) is 4.74 Å². The summed E-state index contributed by atoms with van der Waals surface area (Å²) in [5, 5.41) is 0. The van der Waals surface area contributed by atoms with Gasteiger partial charge in [-0.25, -0.2) is 8.78 Å². The summed E-state index contributed by atoms with van der Waals surface area (Å²) in [4.78, 5) is 17.2. The highest BCUT2D eigenvalue weighted by Gasteiger charge is 2.47. The van der Waals surface area contributed by atoms with Gasteiger partial charge in [0.25, 0.3) is 0 Å². The molecule has 6 heteroatoms. The molecule has 158 valence electrons. The molecule has 0 radical (unpaired) electrons. The minimum atomic E-state index is -0.710. The minimum absolute atomic E-state index is 0.0108. The maximum Gasteiger partial charge on any atom is 0.223 e. The Kier molecular flexibility index (Phi) is 5.60. The Morgan fingerprint density at radius 3 is 2.80 bits per heavy atom. The lowest BCUT2D eigenvalue weighted by atomic mass is 9.83. The van der Waals surface area contributed by atoms with Crippen molar-refractivity contribution in [1.82, 2.24) is 9.80 Å². The summed E-state index contributed by atoms with van der Waals surface area (Å²) in [6.07, 6.45) is 3.65. The number of hydrogen-bond donors (Lipinski definition) is 0. The quantitative estimate of drug-likeness (QED) is 0.738. The van der Waals surface area contributed by atoms with Gasteiger partial charge in [-0.3, -0.25) is 4.79 Å². The van der Waals surface area contributed by atoms with E-state index in [0.29, 0.717) is 25.0 Å². The monoisotopic (exact) mass is 412 g/mol. The number of para-hydroxylation sites is 1. The number of carbonyl (C=O) groups excluding carboxylic acids is 1. The SMILES string of the molecule is CN(C)CCCC(=O)N1CC(c2cc(F)ccc2F)=CC12CCOc1ccccc12. The second kappa shape index (κ2) is 8.19. The van der Waals surface area contributed by atoms with E-state index in [1.807, 2.05) is 54.2 Å². The van der Waals surface area contributed by atoms with Crippen LogP contribution in [0.2, 0.25) is 0 Å². The summed E-state index contributed by atoms with van der Waals surface area (Å²) < 4.78 is 34.3. The molecule has 1 amide bonds. The number of fused-ring (bicyclic) bond motifs is 2. The average Bonchev–Trinajstić information content (AvgIpc) is 3.09. The van der Waals surface area contributed by atoms with E-state index < -0.39 is 17.2 Å². The predicted octanol–water partition coefficient (Wildman–Crippen LogP) is 4.21. The molecule has 2 heterocycles. The van der Waals surface area contributed by atoms with Crippen LogP contribution in [-0.4, -0.2) is 49.5 Å². The Morgan fingerprint density at radius 1 is 1.20 bits per heavy atom. The second-order valence-corrected chi connectivity index (χ2v) is 8.20. The molecule has 1 spiro atoms. The van der Waals surface area contributed by atoms with Crippen molar-refractivity contribution in [2.45, 2.75) is 24.8 Å². The molecule has 1 atom stereocenters. The first-order chi connectivity index (χ1) is 14.4. The molecular formula is C24H26F2N2O2. The number of amides is 1. The van der Waals surface area contributed by atoms with Crippen LogP contribution in [0.4, 0.5) is 8.78 Å². The zero-order valence-electron chi connectivity index (χ0n) is 17.3. The summed E-state index contributed by atoms with van der Waals surface area (Å²) in [5.41, 5.74) is 1.02. The minimum Gasteiger partial charge on any atom is -0.493 e. The Bertz CT molecular complexity index is 989. The summed E-state index contributed by atoms with van der Waals surface area (Å²) in [7, 11) is 3.95. The van der Waals surface area contributed by atoms with Crippen LogP contribution >= 0.6 is 0 Å². The van der Waals surface area contributed by atoms with E-state index in [2.05, 4.69) is 0 Å². The van der Waals surface area contributed by atoms with Crippen LogP contribution in [0, 0.1) is 11.6 Å². The molecule has 1 unspecified atom stereocenters. The van der Waals surface area contributed by atoms with Gasteiger partial charge in [0.2, 0.25) is 5.91 Å². The van der Waals surface area contributed by atoms with E-state index in [-0.39, 0.29) is 18.0 Å². The molecule has 4 nitrogen and oxygen atoms in total. The summed E-state index contributed by atoms with van der Waals surface area (Å²) in [5.74, 6) is -0.242. The van der Waals surface area contributed by atoms with Crippen LogP contribution in [0.1, 0.15) is 30.4 Å². The van der Waals surface area contributed by atoms with Crippen molar-refractivity contribution >= 4 is 11.5 Å². The molecule has 30 heavy (non-hydrogen) atoms. The lowest BCUT2D eigenvalue weighted by molar-refractivity contribution is -0.135. The molecular weight excluding hydrogens is 386 g/mol. The van der Waals surface area contributed by atoms with Gasteiger partial charge < -0.3 is 14.5 Å². The third-order valence-corrected chi connectivity index (χ3v) is 5.89. The fraction of sp³-hybridized carbons (Fsp3) is 0.375. The zero-order valence-corrected chi connectivity index (χ0v) is 17.3. The maximum atomic E-state index is 14.6. The number of benzene rings is 2. The van der Waals surface area contributed by atoms with E-state index in [0.717, 1.165) is 36.4 Å². The van der Waals surface area contributed by atoms with E-state index in [1.165, 1.54) is 6.07 Å². The first kappa shape index (κ1) is 20.5. The molecule has 4 rings (SSSR count). The average molecular weight is 412 g/mol. The van der Waals surface area contributed by atoms with E-state index in [9.17, 15) is 13.6 Å². The number of halogens is 2. The van der Waals surface area contributed by atoms with Crippen LogP contribution in [-0.2, 0) is 10.3 Å². The van der Waals surface area contributed by atoms with Crippen molar-refractivity contribution in [3.05, 3.63) is 71.3 Å². The zero-order chi connectivity index (χ0) is 21.3. The topological polar surface area (TPSA) is 32.8 Å². The number of ether oxygens (including phenoxy) is 1. The third kappa shape index (κ3) is 3.72. The van der Waals surface area contributed by atoms with Crippen molar-refractivity contribution < 1.29 is 18.3 Å². The lowest BCUT2D eigenvalue weighted by Gasteiger charge is -2.42. The Hall–Kier alpha value is -2.73. The van der Waals surface area contributed by atoms with Crippen LogP contribution in [0.5, 0.6) is 5.75 Å². The molecule has 2 aliphatic heterocycles. The Balaban J connectivity index is 1.76. The first-order valence-electron chi connectivity index (χ1n) is 10.3. The smallest absolute Gasteiger partial charge is 0.223 e. The molecule has 2 aromatic rings. The lowest BCUT2D eigenvalue weighted by Crippen LogP contribution is -2.48. The number of nitrogens with zero attached hydrogens (tertiary/aromatic N) is 2. The van der Waals surface area contributed by atoms with Crippen molar-refractivity contribution in [2.24, 2.45) is 0 Å². The largest absolute Gasteiger partial charge is 0.493 e. The van der Waals surface area contributed by atoms with Gasteiger partial charge in [0.05, 0.1) is 12.1 Å². The molecule has 0 bridgehead atoms. The van der Waals surface area contributed by atoms with Crippen molar-refractivity contribution in [3.63, 3.8) is 0 Å². The van der Waals surface area contributed by atoms with Gasteiger partial charge in [-0.1, -0.05) is 18.2 Å². The predicted molar refractivity (Wildman–Crippen MR) is 112 cm³/mol. The van der Waals surface area contributed by atoms with Gasteiger partial charge in [-0.2, -0.15) is 0 Å². The first-order valence-corrected chi connectivity index (χ1v) is 10.3. The highest BCUT2D eigenvalue weighted by molar-refractivity contribution is 5.85. The summed E-state index contributed by atoms with van der Waals surface area (Å²) in [6.45, 7) is 1.51. The standard InChI is InChI=1S/C24H26F2N2O2/c1-27(2)12-5-8-23(29)28-16-17(19-14-18(25)9-10-21(19)26)15-24(28)11-13-30-22-7-4-3-6-20(22)24/h3-4,6-7,9-10,14-15H,5,8,11-13,16H2,1-2H3. The van der Waals surface area contributed by atoms with Crippen LogP contribution in [0.15, 0.2) is 48.5 Å². The normalized spacial score (nSPS) is 20.3. The molecule has 2 aromatic carbocycles. The number of rotatable bonds is 5. The molecule has 2 aliphatic rings. The summed E-state index contributed by atoms with van der Waals surface area (Å²) in [6, 6.07) is 11.1. The molecule has 0 aromatic heterocycles. The number of hydrogen-bond acceptors (Lipinski definition) is 3. The third-order valence-electron chi connectivity index (χ3n) is 5.89. The van der Waals surface area contributed by atoms with Crippen LogP contribution < -0.4 is 4.74 Å². The van der Waals surface area contributed by atoms with Gasteiger partial charge in [-0.15, -0.1) is 0 Å². The highest BCUT2D eigenvalue weighted by atomic mass is 19.1. The second-order valence-electron chi connectivity index (χ2n) is 8.20. The summed E-state index contributed by atoms with van der Waals surface area (Å²) >= 11 is 0. The fourth-order valence-corrected chi connectivity index (χ4v) is 4.45. The van der Waals surface area contributed by atoms with Gasteiger partial charge in [0.15, 0.2) is 0 Å². The van der Waals surface area contributed by atoms with Gasteiger partial charge in [0.1, 0.15) is 17.4 Å².